The van der Waals surface area contributed by atoms with Crippen LogP contribution < -0.4 is 16.0 Å². The smallest absolute Gasteiger partial charge is 0.272 e. The Balaban J connectivity index is 1.12. The number of hydrogen-bond acceptors (Lipinski definition) is 6. The van der Waals surface area contributed by atoms with Crippen molar-refractivity contribution in [2.24, 2.45) is 0 Å². The van der Waals surface area contributed by atoms with E-state index < -0.39 is 17.1 Å². The molecule has 1 heterocycles. The standard InChI is InChI=1S/C39H31ClN4O4S/c1-2-35(38(47)41-29-20-18-27(19-21-29)39-44-32-16-6-7-17-34(32)48-39)49-31-15-9-14-30(24-31)42-37(46)33(23-25-10-8-13-28(40)22-25)43-36(45)26-11-4-3-5-12-26/h3-24,35H,2H2,1H3,(H,41,47)(H,42,46)(H,43,45)/b33-23-. The van der Waals surface area contributed by atoms with E-state index in [1.165, 1.54) is 11.8 Å². The van der Waals surface area contributed by atoms with Crippen LogP contribution in [0.5, 0.6) is 0 Å². The van der Waals surface area contributed by atoms with Crippen LogP contribution in [0.25, 0.3) is 28.6 Å². The molecule has 0 aliphatic rings. The average molecular weight is 687 g/mol. The average Bonchev–Trinajstić information content (AvgIpc) is 3.56. The van der Waals surface area contributed by atoms with Crippen molar-refractivity contribution in [3.63, 3.8) is 0 Å². The van der Waals surface area contributed by atoms with E-state index in [0.29, 0.717) is 45.4 Å². The SMILES string of the molecule is CCC(Sc1cccc(NC(=O)/C(=C/c2cccc(Cl)c2)NC(=O)c2ccccc2)c1)C(=O)Nc1ccc(-c2nc3ccccc3o2)cc1. The number of para-hydroxylation sites is 2. The first kappa shape index (κ1) is 33.3. The molecule has 6 aromatic rings. The summed E-state index contributed by atoms with van der Waals surface area (Å²) in [5.41, 5.74) is 4.56. The van der Waals surface area contributed by atoms with Crippen molar-refractivity contribution >= 4 is 69.6 Å². The Morgan fingerprint density at radius 1 is 0.816 bits per heavy atom. The maximum atomic E-state index is 13.5. The Morgan fingerprint density at radius 2 is 1.57 bits per heavy atom. The van der Waals surface area contributed by atoms with Crippen LogP contribution in [0.4, 0.5) is 11.4 Å². The number of thioether (sulfide) groups is 1. The van der Waals surface area contributed by atoms with E-state index in [2.05, 4.69) is 20.9 Å². The van der Waals surface area contributed by atoms with Crippen LogP contribution in [0.15, 0.2) is 142 Å². The number of hydrogen-bond donors (Lipinski definition) is 3. The third-order valence-electron chi connectivity index (χ3n) is 7.42. The molecule has 0 bridgehead atoms. The lowest BCUT2D eigenvalue weighted by atomic mass is 10.1. The minimum atomic E-state index is -0.516. The van der Waals surface area contributed by atoms with E-state index in [9.17, 15) is 14.4 Å². The Bertz CT molecular complexity index is 2120. The van der Waals surface area contributed by atoms with Gasteiger partial charge in [-0.3, -0.25) is 14.4 Å². The third kappa shape index (κ3) is 8.64. The summed E-state index contributed by atoms with van der Waals surface area (Å²) in [5, 5.41) is 8.72. The Hall–Kier alpha value is -5.64. The van der Waals surface area contributed by atoms with Crippen LogP contribution in [0.3, 0.4) is 0 Å². The van der Waals surface area contributed by atoms with Crippen molar-refractivity contribution in [2.45, 2.75) is 23.5 Å². The van der Waals surface area contributed by atoms with Crippen molar-refractivity contribution in [1.82, 2.24) is 10.3 Å². The van der Waals surface area contributed by atoms with Crippen molar-refractivity contribution < 1.29 is 18.8 Å². The topological polar surface area (TPSA) is 113 Å². The molecule has 10 heteroatoms. The van der Waals surface area contributed by atoms with Crippen molar-refractivity contribution in [3.8, 4) is 11.5 Å². The van der Waals surface area contributed by atoms with Gasteiger partial charge in [-0.2, -0.15) is 0 Å². The molecular weight excluding hydrogens is 656 g/mol. The lowest BCUT2D eigenvalue weighted by molar-refractivity contribution is -0.116. The van der Waals surface area contributed by atoms with E-state index in [4.69, 9.17) is 16.0 Å². The molecule has 5 aromatic carbocycles. The molecule has 0 aliphatic carbocycles. The Morgan fingerprint density at radius 3 is 2.33 bits per heavy atom. The van der Waals surface area contributed by atoms with Crippen LogP contribution in [0, 0.1) is 0 Å². The van der Waals surface area contributed by atoms with E-state index >= 15 is 0 Å². The largest absolute Gasteiger partial charge is 0.436 e. The van der Waals surface area contributed by atoms with Gasteiger partial charge < -0.3 is 20.4 Å². The molecule has 1 aromatic heterocycles. The first-order valence-corrected chi connectivity index (χ1v) is 16.8. The number of benzene rings is 5. The summed E-state index contributed by atoms with van der Waals surface area (Å²) in [4.78, 5) is 45.1. The molecule has 8 nitrogen and oxygen atoms in total. The first-order valence-electron chi connectivity index (χ1n) is 15.5. The van der Waals surface area contributed by atoms with Crippen LogP contribution >= 0.6 is 23.4 Å². The number of aromatic nitrogens is 1. The number of halogens is 1. The van der Waals surface area contributed by atoms with Gasteiger partial charge in [-0.15, -0.1) is 11.8 Å². The number of carbonyl (C=O) groups is 3. The van der Waals surface area contributed by atoms with Gasteiger partial charge in [0, 0.05) is 32.4 Å². The summed E-state index contributed by atoms with van der Waals surface area (Å²) in [6.45, 7) is 1.95. The second kappa shape index (κ2) is 15.5. The van der Waals surface area contributed by atoms with Crippen molar-refractivity contribution in [2.75, 3.05) is 10.6 Å². The Kier molecular flexibility index (Phi) is 10.5. The van der Waals surface area contributed by atoms with Gasteiger partial charge in [0.05, 0.1) is 5.25 Å². The maximum absolute atomic E-state index is 13.5. The van der Waals surface area contributed by atoms with Gasteiger partial charge >= 0.3 is 0 Å². The van der Waals surface area contributed by atoms with Gasteiger partial charge in [-0.05, 0) is 96.9 Å². The van der Waals surface area contributed by atoms with E-state index in [1.807, 2.05) is 67.6 Å². The summed E-state index contributed by atoms with van der Waals surface area (Å²) in [7, 11) is 0. The quantitative estimate of drug-likeness (QED) is 0.0926. The van der Waals surface area contributed by atoms with Crippen LogP contribution in [-0.2, 0) is 9.59 Å². The highest BCUT2D eigenvalue weighted by molar-refractivity contribution is 8.00. The highest BCUT2D eigenvalue weighted by Crippen LogP contribution is 2.30. The molecule has 3 N–H and O–H groups in total. The highest BCUT2D eigenvalue weighted by atomic mass is 35.5. The van der Waals surface area contributed by atoms with E-state index in [0.717, 1.165) is 16.0 Å². The fraction of sp³-hybridized carbons (Fsp3) is 0.0769. The third-order valence-corrected chi connectivity index (χ3v) is 9.01. The van der Waals surface area contributed by atoms with Gasteiger partial charge in [0.25, 0.3) is 11.8 Å². The zero-order chi connectivity index (χ0) is 34.2. The van der Waals surface area contributed by atoms with Gasteiger partial charge in [0.1, 0.15) is 11.2 Å². The highest BCUT2D eigenvalue weighted by Gasteiger charge is 2.20. The van der Waals surface area contributed by atoms with Crippen LogP contribution in [0.2, 0.25) is 5.02 Å². The number of carbonyl (C=O) groups excluding carboxylic acids is 3. The Labute approximate surface area is 292 Å². The van der Waals surface area contributed by atoms with Crippen LogP contribution in [-0.4, -0.2) is 28.0 Å². The zero-order valence-corrected chi connectivity index (χ0v) is 27.9. The van der Waals surface area contributed by atoms with E-state index in [-0.39, 0.29) is 11.6 Å². The number of amides is 3. The van der Waals surface area contributed by atoms with Gasteiger partial charge in [0.15, 0.2) is 5.58 Å². The molecule has 0 radical (unpaired) electrons. The maximum Gasteiger partial charge on any atom is 0.272 e. The number of nitrogens with one attached hydrogen (secondary N) is 3. The molecule has 0 spiro atoms. The van der Waals surface area contributed by atoms with E-state index in [1.54, 1.807) is 72.8 Å². The van der Waals surface area contributed by atoms with Gasteiger partial charge in [-0.1, -0.05) is 67.1 Å². The number of nitrogens with zero attached hydrogens (tertiary/aromatic N) is 1. The lowest BCUT2D eigenvalue weighted by Gasteiger charge is -2.16. The lowest BCUT2D eigenvalue weighted by Crippen LogP contribution is -2.30. The van der Waals surface area contributed by atoms with Gasteiger partial charge in [-0.25, -0.2) is 4.98 Å². The summed E-state index contributed by atoms with van der Waals surface area (Å²) in [6.07, 6.45) is 2.14. The monoisotopic (exact) mass is 686 g/mol. The summed E-state index contributed by atoms with van der Waals surface area (Å²) < 4.78 is 5.86. The molecule has 0 saturated carbocycles. The van der Waals surface area contributed by atoms with Crippen LogP contribution in [0.1, 0.15) is 29.3 Å². The predicted molar refractivity (Wildman–Crippen MR) is 196 cm³/mol. The number of oxazole rings is 1. The number of anilines is 2. The molecule has 0 saturated heterocycles. The molecule has 1 unspecified atom stereocenters. The number of rotatable bonds is 11. The fourth-order valence-electron chi connectivity index (χ4n) is 4.95. The molecule has 0 aliphatic heterocycles. The molecule has 6 rings (SSSR count). The molecule has 3 amide bonds. The van der Waals surface area contributed by atoms with Gasteiger partial charge in [0.2, 0.25) is 11.8 Å². The van der Waals surface area contributed by atoms with Crippen molar-refractivity contribution in [3.05, 3.63) is 149 Å². The second-order valence-electron chi connectivity index (χ2n) is 11.0. The van der Waals surface area contributed by atoms with Crippen molar-refractivity contribution in [1.29, 1.82) is 0 Å². The summed E-state index contributed by atoms with van der Waals surface area (Å²) in [6, 6.07) is 37.8. The summed E-state index contributed by atoms with van der Waals surface area (Å²) >= 11 is 7.56. The normalized spacial score (nSPS) is 11.9. The minimum Gasteiger partial charge on any atom is -0.436 e. The first-order chi connectivity index (χ1) is 23.8. The molecule has 49 heavy (non-hydrogen) atoms. The molecule has 1 atom stereocenters. The molecular formula is C39H31ClN4O4S. The molecule has 0 fully saturated rings. The fourth-order valence-corrected chi connectivity index (χ4v) is 6.16. The zero-order valence-electron chi connectivity index (χ0n) is 26.4. The predicted octanol–water partition coefficient (Wildman–Crippen LogP) is 9.07. The minimum absolute atomic E-state index is 0.0436. The molecule has 244 valence electrons. The second-order valence-corrected chi connectivity index (χ2v) is 12.7. The summed E-state index contributed by atoms with van der Waals surface area (Å²) in [5.74, 6) is -0.575. The number of fused-ring (bicyclic) bond motifs is 1.